The minimum Gasteiger partial charge on any atom is -0.456 e. The number of benzene rings is 1. The van der Waals surface area contributed by atoms with Crippen molar-refractivity contribution in [2.75, 3.05) is 6.26 Å². The number of nitrogens with zero attached hydrogens (tertiary/aromatic N) is 2. The van der Waals surface area contributed by atoms with Crippen LogP contribution in [0, 0.1) is 0 Å². The molecule has 1 aromatic carbocycles. The summed E-state index contributed by atoms with van der Waals surface area (Å²) in [5.41, 5.74) is 5.70. The van der Waals surface area contributed by atoms with Gasteiger partial charge >= 0.3 is 0 Å². The maximum atomic E-state index is 11.5. The van der Waals surface area contributed by atoms with Crippen molar-refractivity contribution < 1.29 is 18.4 Å². The molecule has 0 aliphatic heterocycles. The average molecular weight is 307 g/mol. The molecule has 0 saturated carbocycles. The standard InChI is InChI=1S/C13H13N3O4S/c1-21(18,19)11-4-2-3-9(7-11)20-10-5-6-12(15-8-10)13(14)16-17/h2-8,17H,1H3,(H2,14,16). The van der Waals surface area contributed by atoms with Gasteiger partial charge in [0.05, 0.1) is 11.1 Å². The minimum atomic E-state index is -3.29. The second-order valence-electron chi connectivity index (χ2n) is 4.21. The van der Waals surface area contributed by atoms with E-state index in [1.807, 2.05) is 0 Å². The van der Waals surface area contributed by atoms with Gasteiger partial charge in [0.25, 0.3) is 0 Å². The van der Waals surface area contributed by atoms with Gasteiger partial charge in [-0.3, -0.25) is 0 Å². The molecule has 0 saturated heterocycles. The van der Waals surface area contributed by atoms with Gasteiger partial charge in [-0.05, 0) is 30.3 Å². The first kappa shape index (κ1) is 14.8. The Bertz CT molecular complexity index is 770. The normalized spacial score (nSPS) is 12.1. The summed E-state index contributed by atoms with van der Waals surface area (Å²) in [5, 5.41) is 11.4. The quantitative estimate of drug-likeness (QED) is 0.381. The molecule has 2 aromatic rings. The lowest BCUT2D eigenvalue weighted by molar-refractivity contribution is 0.318. The van der Waals surface area contributed by atoms with E-state index in [9.17, 15) is 8.42 Å². The number of nitrogens with two attached hydrogens (primary N) is 1. The first-order valence-corrected chi connectivity index (χ1v) is 7.71. The Morgan fingerprint density at radius 1 is 1.29 bits per heavy atom. The number of rotatable bonds is 4. The van der Waals surface area contributed by atoms with Crippen LogP contribution in [0.5, 0.6) is 11.5 Å². The lowest BCUT2D eigenvalue weighted by atomic mass is 10.3. The molecule has 8 heteroatoms. The Hall–Kier alpha value is -2.61. The van der Waals surface area contributed by atoms with Crippen LogP contribution in [0.1, 0.15) is 5.69 Å². The average Bonchev–Trinajstić information content (AvgIpc) is 2.47. The predicted octanol–water partition coefficient (Wildman–Crippen LogP) is 1.37. The summed E-state index contributed by atoms with van der Waals surface area (Å²) in [7, 11) is -3.29. The largest absolute Gasteiger partial charge is 0.456 e. The Balaban J connectivity index is 2.23. The van der Waals surface area contributed by atoms with Gasteiger partial charge in [0.1, 0.15) is 17.2 Å². The number of pyridine rings is 1. The van der Waals surface area contributed by atoms with E-state index in [1.54, 1.807) is 18.2 Å². The Morgan fingerprint density at radius 3 is 2.62 bits per heavy atom. The molecule has 0 aliphatic rings. The van der Waals surface area contributed by atoms with Crippen molar-refractivity contribution in [2.45, 2.75) is 4.90 Å². The lowest BCUT2D eigenvalue weighted by Gasteiger charge is -2.07. The highest BCUT2D eigenvalue weighted by molar-refractivity contribution is 7.90. The van der Waals surface area contributed by atoms with Gasteiger partial charge in [-0.25, -0.2) is 13.4 Å². The van der Waals surface area contributed by atoms with Crippen LogP contribution in [0.4, 0.5) is 0 Å². The number of ether oxygens (including phenoxy) is 1. The summed E-state index contributed by atoms with van der Waals surface area (Å²) in [6, 6.07) is 9.23. The van der Waals surface area contributed by atoms with E-state index in [1.165, 1.54) is 24.4 Å². The third-order valence-corrected chi connectivity index (χ3v) is 3.69. The first-order chi connectivity index (χ1) is 9.90. The van der Waals surface area contributed by atoms with Gasteiger partial charge in [-0.1, -0.05) is 11.2 Å². The maximum Gasteiger partial charge on any atom is 0.188 e. The smallest absolute Gasteiger partial charge is 0.188 e. The molecule has 0 aliphatic carbocycles. The molecule has 0 radical (unpaired) electrons. The monoisotopic (exact) mass is 307 g/mol. The van der Waals surface area contributed by atoms with Gasteiger partial charge in [0.15, 0.2) is 15.7 Å². The van der Waals surface area contributed by atoms with Crippen molar-refractivity contribution in [2.24, 2.45) is 10.9 Å². The fraction of sp³-hybridized carbons (Fsp3) is 0.0769. The number of aromatic nitrogens is 1. The molecule has 7 nitrogen and oxygen atoms in total. The summed E-state index contributed by atoms with van der Waals surface area (Å²) in [6.45, 7) is 0. The van der Waals surface area contributed by atoms with E-state index < -0.39 is 9.84 Å². The van der Waals surface area contributed by atoms with E-state index >= 15 is 0 Å². The predicted molar refractivity (Wildman–Crippen MR) is 76.4 cm³/mol. The zero-order chi connectivity index (χ0) is 15.5. The zero-order valence-corrected chi connectivity index (χ0v) is 11.9. The van der Waals surface area contributed by atoms with Crippen molar-refractivity contribution in [1.82, 2.24) is 4.98 Å². The molecule has 110 valence electrons. The molecular weight excluding hydrogens is 294 g/mol. The molecule has 1 aromatic heterocycles. The molecule has 1 heterocycles. The Kier molecular flexibility index (Phi) is 4.08. The number of hydrogen-bond donors (Lipinski definition) is 2. The SMILES string of the molecule is CS(=O)(=O)c1cccc(Oc2ccc(/C(N)=N/O)nc2)c1. The van der Waals surface area contributed by atoms with E-state index in [4.69, 9.17) is 15.7 Å². The summed E-state index contributed by atoms with van der Waals surface area (Å²) in [6.07, 6.45) is 2.51. The molecule has 0 bridgehead atoms. The highest BCUT2D eigenvalue weighted by Crippen LogP contribution is 2.23. The lowest BCUT2D eigenvalue weighted by Crippen LogP contribution is -2.14. The first-order valence-electron chi connectivity index (χ1n) is 5.82. The second-order valence-corrected chi connectivity index (χ2v) is 6.23. The van der Waals surface area contributed by atoms with E-state index in [2.05, 4.69) is 10.1 Å². The van der Waals surface area contributed by atoms with E-state index in [0.29, 0.717) is 17.2 Å². The van der Waals surface area contributed by atoms with Crippen molar-refractivity contribution in [1.29, 1.82) is 0 Å². The summed E-state index contributed by atoms with van der Waals surface area (Å²) < 4.78 is 28.5. The highest BCUT2D eigenvalue weighted by atomic mass is 32.2. The molecule has 0 spiro atoms. The van der Waals surface area contributed by atoms with Crippen LogP contribution in [-0.2, 0) is 9.84 Å². The van der Waals surface area contributed by atoms with Crippen LogP contribution in [0.15, 0.2) is 52.6 Å². The second kappa shape index (κ2) is 5.80. The number of amidine groups is 1. The van der Waals surface area contributed by atoms with Crippen LogP contribution in [-0.4, -0.2) is 30.7 Å². The van der Waals surface area contributed by atoms with Gasteiger partial charge < -0.3 is 15.7 Å². The number of sulfone groups is 1. The van der Waals surface area contributed by atoms with Crippen LogP contribution in [0.25, 0.3) is 0 Å². The summed E-state index contributed by atoms with van der Waals surface area (Å²) in [5.74, 6) is 0.659. The van der Waals surface area contributed by atoms with Crippen molar-refractivity contribution in [3.8, 4) is 11.5 Å². The third kappa shape index (κ3) is 3.69. The number of hydrogen-bond acceptors (Lipinski definition) is 6. The number of oxime groups is 1. The molecule has 0 fully saturated rings. The van der Waals surface area contributed by atoms with Gasteiger partial charge in [0.2, 0.25) is 0 Å². The van der Waals surface area contributed by atoms with Crippen LogP contribution in [0.2, 0.25) is 0 Å². The fourth-order valence-electron chi connectivity index (χ4n) is 1.55. The maximum absolute atomic E-state index is 11.5. The summed E-state index contributed by atoms with van der Waals surface area (Å²) in [4.78, 5) is 4.13. The molecule has 0 amide bonds. The topological polar surface area (TPSA) is 115 Å². The minimum absolute atomic E-state index is 0.111. The molecular formula is C13H13N3O4S. The van der Waals surface area contributed by atoms with Gasteiger partial charge in [0, 0.05) is 6.26 Å². The van der Waals surface area contributed by atoms with Crippen LogP contribution in [0.3, 0.4) is 0 Å². The van der Waals surface area contributed by atoms with E-state index in [0.717, 1.165) is 6.26 Å². The molecule has 21 heavy (non-hydrogen) atoms. The van der Waals surface area contributed by atoms with E-state index in [-0.39, 0.29) is 10.7 Å². The molecule has 0 atom stereocenters. The highest BCUT2D eigenvalue weighted by Gasteiger charge is 2.08. The van der Waals surface area contributed by atoms with Crippen LogP contribution < -0.4 is 10.5 Å². The van der Waals surface area contributed by atoms with Crippen molar-refractivity contribution >= 4 is 15.7 Å². The van der Waals surface area contributed by atoms with Crippen LogP contribution >= 0.6 is 0 Å². The Labute approximate surface area is 121 Å². The van der Waals surface area contributed by atoms with Gasteiger partial charge in [-0.15, -0.1) is 0 Å². The molecule has 0 unspecified atom stereocenters. The molecule has 2 rings (SSSR count). The van der Waals surface area contributed by atoms with Gasteiger partial charge in [-0.2, -0.15) is 0 Å². The van der Waals surface area contributed by atoms with Crippen molar-refractivity contribution in [3.05, 3.63) is 48.3 Å². The third-order valence-electron chi connectivity index (χ3n) is 2.58. The molecule has 3 N–H and O–H groups in total. The zero-order valence-electron chi connectivity index (χ0n) is 11.1. The fourth-order valence-corrected chi connectivity index (χ4v) is 2.20. The summed E-state index contributed by atoms with van der Waals surface area (Å²) >= 11 is 0. The van der Waals surface area contributed by atoms with Crippen molar-refractivity contribution in [3.63, 3.8) is 0 Å². The Morgan fingerprint density at radius 2 is 2.05 bits per heavy atom.